The molecule has 0 atom stereocenters. The van der Waals surface area contributed by atoms with Crippen LogP contribution in [0.3, 0.4) is 0 Å². The summed E-state index contributed by atoms with van der Waals surface area (Å²) in [5.74, 6) is -0.0605. The van der Waals surface area contributed by atoms with Gasteiger partial charge in [-0.1, -0.05) is 25.1 Å². The SMILES string of the molecule is CCC(=O)C(C)(C)/[N+]([O-])=C/c1ccccc1. The van der Waals surface area contributed by atoms with Gasteiger partial charge in [-0.15, -0.1) is 0 Å². The molecule has 0 amide bonds. The lowest BCUT2D eigenvalue weighted by Crippen LogP contribution is -2.41. The van der Waals surface area contributed by atoms with Gasteiger partial charge in [-0.3, -0.25) is 4.79 Å². The molecule has 0 spiro atoms. The summed E-state index contributed by atoms with van der Waals surface area (Å²) in [6, 6.07) is 9.26. The second-order valence-corrected chi connectivity index (χ2v) is 4.20. The summed E-state index contributed by atoms with van der Waals surface area (Å²) >= 11 is 0. The maximum Gasteiger partial charge on any atom is 0.224 e. The lowest BCUT2D eigenvalue weighted by Gasteiger charge is -2.21. The van der Waals surface area contributed by atoms with Crippen LogP contribution in [0.15, 0.2) is 30.3 Å². The highest BCUT2D eigenvalue weighted by molar-refractivity contribution is 5.87. The maximum absolute atomic E-state index is 11.9. The summed E-state index contributed by atoms with van der Waals surface area (Å²) in [6.45, 7) is 5.05. The third-order valence-corrected chi connectivity index (χ3v) is 2.62. The second-order valence-electron chi connectivity index (χ2n) is 4.20. The molecule has 0 bridgehead atoms. The first-order valence-corrected chi connectivity index (χ1v) is 5.38. The Morgan fingerprint density at radius 3 is 2.44 bits per heavy atom. The fourth-order valence-electron chi connectivity index (χ4n) is 1.39. The van der Waals surface area contributed by atoms with Gasteiger partial charge in [0, 0.05) is 25.8 Å². The molecule has 0 aliphatic heterocycles. The van der Waals surface area contributed by atoms with Crippen molar-refractivity contribution >= 4 is 12.0 Å². The van der Waals surface area contributed by atoms with Crippen molar-refractivity contribution in [3.8, 4) is 0 Å². The Morgan fingerprint density at radius 2 is 1.94 bits per heavy atom. The number of hydrogen-bond donors (Lipinski definition) is 0. The summed E-state index contributed by atoms with van der Waals surface area (Å²) in [4.78, 5) is 11.6. The van der Waals surface area contributed by atoms with E-state index in [0.717, 1.165) is 10.3 Å². The van der Waals surface area contributed by atoms with Crippen LogP contribution in [0.4, 0.5) is 0 Å². The van der Waals surface area contributed by atoms with E-state index in [1.807, 2.05) is 30.3 Å². The van der Waals surface area contributed by atoms with Gasteiger partial charge in [0.25, 0.3) is 0 Å². The Labute approximate surface area is 96.0 Å². The van der Waals surface area contributed by atoms with Crippen LogP contribution in [-0.2, 0) is 4.79 Å². The number of hydrogen-bond acceptors (Lipinski definition) is 2. The Hall–Kier alpha value is -1.64. The Morgan fingerprint density at radius 1 is 1.38 bits per heavy atom. The third kappa shape index (κ3) is 2.69. The minimum Gasteiger partial charge on any atom is -0.623 e. The zero-order valence-electron chi connectivity index (χ0n) is 9.93. The molecule has 0 fully saturated rings. The quantitative estimate of drug-likeness (QED) is 0.338. The van der Waals surface area contributed by atoms with Gasteiger partial charge < -0.3 is 5.21 Å². The van der Waals surface area contributed by atoms with E-state index in [1.54, 1.807) is 20.8 Å². The van der Waals surface area contributed by atoms with Crippen LogP contribution in [0, 0.1) is 5.21 Å². The molecule has 0 heterocycles. The summed E-state index contributed by atoms with van der Waals surface area (Å²) in [7, 11) is 0. The molecule has 86 valence electrons. The topological polar surface area (TPSA) is 43.1 Å². The molecule has 0 aromatic heterocycles. The highest BCUT2D eigenvalue weighted by atomic mass is 16.5. The molecule has 1 aromatic rings. The fourth-order valence-corrected chi connectivity index (χ4v) is 1.39. The van der Waals surface area contributed by atoms with Crippen LogP contribution in [0.2, 0.25) is 0 Å². The molecular formula is C13H17NO2. The Bertz CT molecular complexity index is 394. The number of ketones is 1. The van der Waals surface area contributed by atoms with Gasteiger partial charge in [-0.25, -0.2) is 0 Å². The molecular weight excluding hydrogens is 202 g/mol. The van der Waals surface area contributed by atoms with Crippen LogP contribution < -0.4 is 0 Å². The van der Waals surface area contributed by atoms with Gasteiger partial charge in [0.05, 0.1) is 0 Å². The van der Waals surface area contributed by atoms with Crippen LogP contribution in [0.1, 0.15) is 32.8 Å². The summed E-state index contributed by atoms with van der Waals surface area (Å²) in [5, 5.41) is 11.9. The number of nitrogens with zero attached hydrogens (tertiary/aromatic N) is 1. The van der Waals surface area contributed by atoms with Crippen molar-refractivity contribution in [1.82, 2.24) is 0 Å². The molecule has 1 aromatic carbocycles. The number of rotatable bonds is 4. The van der Waals surface area contributed by atoms with Crippen molar-refractivity contribution in [1.29, 1.82) is 0 Å². The van der Waals surface area contributed by atoms with Gasteiger partial charge in [0.1, 0.15) is 0 Å². The second kappa shape index (κ2) is 4.92. The van der Waals surface area contributed by atoms with Gasteiger partial charge in [-0.05, 0) is 12.1 Å². The number of carbonyl (C=O) groups is 1. The molecule has 0 aliphatic carbocycles. The Balaban J connectivity index is 2.98. The first kappa shape index (κ1) is 12.4. The van der Waals surface area contributed by atoms with Crippen molar-refractivity contribution in [2.45, 2.75) is 32.7 Å². The summed E-state index contributed by atoms with van der Waals surface area (Å²) in [5.41, 5.74) is -0.195. The monoisotopic (exact) mass is 219 g/mol. The predicted octanol–water partition coefficient (Wildman–Crippen LogP) is 2.37. The molecule has 16 heavy (non-hydrogen) atoms. The largest absolute Gasteiger partial charge is 0.623 e. The zero-order valence-corrected chi connectivity index (χ0v) is 9.93. The number of hydroxylamine groups is 1. The van der Waals surface area contributed by atoms with Crippen molar-refractivity contribution < 1.29 is 9.53 Å². The van der Waals surface area contributed by atoms with Crippen molar-refractivity contribution in [2.24, 2.45) is 0 Å². The lowest BCUT2D eigenvalue weighted by molar-refractivity contribution is -0.517. The highest BCUT2D eigenvalue weighted by Gasteiger charge is 2.34. The van der Waals surface area contributed by atoms with E-state index in [1.165, 1.54) is 6.21 Å². The first-order valence-electron chi connectivity index (χ1n) is 5.38. The molecule has 3 nitrogen and oxygen atoms in total. The number of benzene rings is 1. The van der Waals surface area contributed by atoms with E-state index in [2.05, 4.69) is 0 Å². The molecule has 0 N–H and O–H groups in total. The van der Waals surface area contributed by atoms with Gasteiger partial charge in [0.2, 0.25) is 11.3 Å². The van der Waals surface area contributed by atoms with E-state index < -0.39 is 5.54 Å². The van der Waals surface area contributed by atoms with Crippen molar-refractivity contribution in [3.63, 3.8) is 0 Å². The Kier molecular flexibility index (Phi) is 3.82. The van der Waals surface area contributed by atoms with Crippen LogP contribution in [0.25, 0.3) is 0 Å². The van der Waals surface area contributed by atoms with E-state index in [4.69, 9.17) is 0 Å². The highest BCUT2D eigenvalue weighted by Crippen LogP contribution is 2.12. The fraction of sp³-hybridized carbons (Fsp3) is 0.385. The van der Waals surface area contributed by atoms with E-state index in [-0.39, 0.29) is 5.78 Å². The van der Waals surface area contributed by atoms with Crippen molar-refractivity contribution in [3.05, 3.63) is 41.1 Å². The standard InChI is InChI=1S/C13H17NO2/c1-4-12(15)13(2,3)14(16)10-11-8-6-5-7-9-11/h5-10H,4H2,1-3H3/b14-10-. The van der Waals surface area contributed by atoms with Crippen molar-refractivity contribution in [2.75, 3.05) is 0 Å². The molecule has 1 rings (SSSR count). The molecule has 0 saturated carbocycles. The predicted molar refractivity (Wildman–Crippen MR) is 64.6 cm³/mol. The molecule has 0 aliphatic rings. The van der Waals surface area contributed by atoms with Crippen LogP contribution >= 0.6 is 0 Å². The van der Waals surface area contributed by atoms with E-state index >= 15 is 0 Å². The van der Waals surface area contributed by atoms with Gasteiger partial charge in [0.15, 0.2) is 6.21 Å². The van der Waals surface area contributed by atoms with Crippen LogP contribution in [-0.4, -0.2) is 22.3 Å². The third-order valence-electron chi connectivity index (χ3n) is 2.62. The van der Waals surface area contributed by atoms with E-state index in [9.17, 15) is 10.0 Å². The lowest BCUT2D eigenvalue weighted by atomic mass is 9.98. The molecule has 0 unspecified atom stereocenters. The van der Waals surface area contributed by atoms with E-state index in [0.29, 0.717) is 6.42 Å². The minimum absolute atomic E-state index is 0.0605. The summed E-state index contributed by atoms with van der Waals surface area (Å²) in [6.07, 6.45) is 1.82. The van der Waals surface area contributed by atoms with Crippen LogP contribution in [0.5, 0.6) is 0 Å². The smallest absolute Gasteiger partial charge is 0.224 e. The molecule has 0 radical (unpaired) electrons. The van der Waals surface area contributed by atoms with Gasteiger partial charge >= 0.3 is 0 Å². The average Bonchev–Trinajstić information content (AvgIpc) is 2.29. The molecule has 3 heteroatoms. The first-order chi connectivity index (χ1) is 7.48. The molecule has 0 saturated heterocycles. The van der Waals surface area contributed by atoms with Gasteiger partial charge in [-0.2, -0.15) is 4.74 Å². The zero-order chi connectivity index (χ0) is 12.2. The number of Topliss-reactive ketones (excluding diaryl/α,β-unsaturated/α-hetero) is 1. The average molecular weight is 219 g/mol. The number of carbonyl (C=O) groups excluding carboxylic acids is 1. The summed E-state index contributed by atoms with van der Waals surface area (Å²) < 4.78 is 0.730. The minimum atomic E-state index is -0.995. The normalized spacial score (nSPS) is 12.6. The maximum atomic E-state index is 11.9.